The molecule has 0 aliphatic carbocycles. The van der Waals surface area contributed by atoms with Crippen molar-refractivity contribution < 1.29 is 4.42 Å². The molecule has 1 aromatic heterocycles. The molecule has 3 heteroatoms. The highest BCUT2D eigenvalue weighted by atomic mass is 35.5. The van der Waals surface area contributed by atoms with Gasteiger partial charge in [-0.05, 0) is 19.0 Å². The molecule has 0 spiro atoms. The highest BCUT2D eigenvalue weighted by Crippen LogP contribution is 2.30. The lowest BCUT2D eigenvalue weighted by molar-refractivity contribution is 0.602. The highest BCUT2D eigenvalue weighted by molar-refractivity contribution is 5.85. The Morgan fingerprint density at radius 2 is 2.13 bits per heavy atom. The van der Waals surface area contributed by atoms with Gasteiger partial charge in [-0.2, -0.15) is 0 Å². The Bertz CT molecular complexity index is 446. The lowest BCUT2D eigenvalue weighted by Crippen LogP contribution is -2.07. The van der Waals surface area contributed by atoms with Crippen molar-refractivity contribution in [2.75, 3.05) is 13.1 Å². The molecule has 3 rings (SSSR count). The summed E-state index contributed by atoms with van der Waals surface area (Å²) < 4.78 is 5.53. The van der Waals surface area contributed by atoms with E-state index >= 15 is 0 Å². The Balaban J connectivity index is 0.000000853. The molecule has 0 amide bonds. The topological polar surface area (TPSA) is 25.2 Å². The van der Waals surface area contributed by atoms with Gasteiger partial charge < -0.3 is 9.73 Å². The van der Waals surface area contributed by atoms with Crippen LogP contribution in [0.15, 0.2) is 34.9 Å². The number of hydrogen-bond acceptors (Lipinski definition) is 2. The molecule has 80 valence electrons. The van der Waals surface area contributed by atoms with Gasteiger partial charge in [-0.3, -0.25) is 0 Å². The molecule has 1 atom stereocenters. The molecule has 1 aromatic carbocycles. The van der Waals surface area contributed by atoms with Crippen molar-refractivity contribution in [3.05, 3.63) is 36.1 Å². The molecule has 1 unspecified atom stereocenters. The average molecular weight is 224 g/mol. The minimum Gasteiger partial charge on any atom is -0.464 e. The maximum absolute atomic E-state index is 5.53. The van der Waals surface area contributed by atoms with E-state index in [1.54, 1.807) is 0 Å². The van der Waals surface area contributed by atoms with Crippen LogP contribution in [0.2, 0.25) is 0 Å². The first-order valence-corrected chi connectivity index (χ1v) is 5.12. The maximum atomic E-state index is 5.53. The summed E-state index contributed by atoms with van der Waals surface area (Å²) in [5.74, 6) is 0.638. The van der Waals surface area contributed by atoms with Crippen LogP contribution in [0.3, 0.4) is 0 Å². The van der Waals surface area contributed by atoms with E-state index in [0.29, 0.717) is 5.92 Å². The van der Waals surface area contributed by atoms with Gasteiger partial charge in [0.05, 0.1) is 6.26 Å². The Morgan fingerprint density at radius 3 is 2.93 bits per heavy atom. The highest BCUT2D eigenvalue weighted by Gasteiger charge is 2.20. The Labute approximate surface area is 95.1 Å². The van der Waals surface area contributed by atoms with Gasteiger partial charge in [0.15, 0.2) is 0 Å². The predicted octanol–water partition coefficient (Wildman–Crippen LogP) is 2.93. The molecule has 1 N–H and O–H groups in total. The minimum absolute atomic E-state index is 0. The lowest BCUT2D eigenvalue weighted by atomic mass is 9.98. The monoisotopic (exact) mass is 223 g/mol. The van der Waals surface area contributed by atoms with E-state index in [2.05, 4.69) is 17.4 Å². The average Bonchev–Trinajstić information content (AvgIpc) is 2.85. The predicted molar refractivity (Wildman–Crippen MR) is 63.7 cm³/mol. The first kappa shape index (κ1) is 10.5. The number of halogens is 1. The number of benzene rings is 1. The summed E-state index contributed by atoms with van der Waals surface area (Å²) in [6, 6.07) is 8.26. The molecule has 2 heterocycles. The van der Waals surface area contributed by atoms with Gasteiger partial charge in [0.2, 0.25) is 0 Å². The van der Waals surface area contributed by atoms with Crippen LogP contribution in [0, 0.1) is 0 Å². The molecule has 2 nitrogen and oxygen atoms in total. The maximum Gasteiger partial charge on any atom is 0.134 e. The fraction of sp³-hybridized carbons (Fsp3) is 0.333. The van der Waals surface area contributed by atoms with Gasteiger partial charge >= 0.3 is 0 Å². The van der Waals surface area contributed by atoms with Crippen molar-refractivity contribution >= 4 is 23.4 Å². The van der Waals surface area contributed by atoms with Crippen LogP contribution in [0.5, 0.6) is 0 Å². The third kappa shape index (κ3) is 1.75. The van der Waals surface area contributed by atoms with E-state index in [-0.39, 0.29) is 12.4 Å². The molecule has 1 fully saturated rings. The molecule has 1 aliphatic heterocycles. The lowest BCUT2D eigenvalue weighted by Gasteiger charge is -2.04. The molecule has 1 saturated heterocycles. The number of rotatable bonds is 1. The molecule has 2 aromatic rings. The molecular weight excluding hydrogens is 210 g/mol. The zero-order valence-corrected chi connectivity index (χ0v) is 9.22. The van der Waals surface area contributed by atoms with Crippen LogP contribution in [0.4, 0.5) is 0 Å². The van der Waals surface area contributed by atoms with E-state index in [4.69, 9.17) is 4.42 Å². The molecule has 0 bridgehead atoms. The summed E-state index contributed by atoms with van der Waals surface area (Å²) in [5.41, 5.74) is 2.38. The zero-order chi connectivity index (χ0) is 9.38. The van der Waals surface area contributed by atoms with Crippen molar-refractivity contribution in [2.45, 2.75) is 12.3 Å². The molecular formula is C12H14ClNO. The normalized spacial score (nSPS) is 20.4. The molecule has 0 saturated carbocycles. The number of fused-ring (bicyclic) bond motifs is 1. The summed E-state index contributed by atoms with van der Waals surface area (Å²) in [4.78, 5) is 0. The van der Waals surface area contributed by atoms with Crippen LogP contribution in [0.25, 0.3) is 11.0 Å². The standard InChI is InChI=1S/C12H13NO.ClH/c1-2-4-12-10(3-1)11(8-14-12)9-5-6-13-7-9;/h1-4,8-9,13H,5-7H2;1H. The van der Waals surface area contributed by atoms with E-state index in [0.717, 1.165) is 18.7 Å². The minimum atomic E-state index is 0. The number of furan rings is 1. The van der Waals surface area contributed by atoms with Crippen LogP contribution in [-0.4, -0.2) is 13.1 Å². The molecule has 0 radical (unpaired) electrons. The van der Waals surface area contributed by atoms with Gasteiger partial charge in [0.1, 0.15) is 5.58 Å². The van der Waals surface area contributed by atoms with E-state index in [9.17, 15) is 0 Å². The SMILES string of the molecule is Cl.c1ccc2c(C3CCNC3)coc2c1. The quantitative estimate of drug-likeness (QED) is 0.804. The number of hydrogen-bond donors (Lipinski definition) is 1. The van der Waals surface area contributed by atoms with Crippen molar-refractivity contribution in [2.24, 2.45) is 0 Å². The van der Waals surface area contributed by atoms with Crippen molar-refractivity contribution in [1.29, 1.82) is 0 Å². The Hall–Kier alpha value is -0.990. The van der Waals surface area contributed by atoms with Crippen LogP contribution < -0.4 is 5.32 Å². The van der Waals surface area contributed by atoms with Gasteiger partial charge in [-0.15, -0.1) is 12.4 Å². The smallest absolute Gasteiger partial charge is 0.134 e. The first-order chi connectivity index (χ1) is 6.95. The van der Waals surface area contributed by atoms with Crippen LogP contribution in [-0.2, 0) is 0 Å². The summed E-state index contributed by atoms with van der Waals surface area (Å²) in [5, 5.41) is 4.66. The van der Waals surface area contributed by atoms with E-state index in [1.807, 2.05) is 18.4 Å². The second-order valence-corrected chi connectivity index (χ2v) is 3.88. The van der Waals surface area contributed by atoms with E-state index in [1.165, 1.54) is 17.4 Å². The summed E-state index contributed by atoms with van der Waals surface area (Å²) in [6.45, 7) is 2.22. The summed E-state index contributed by atoms with van der Waals surface area (Å²) in [6.07, 6.45) is 3.14. The zero-order valence-electron chi connectivity index (χ0n) is 8.40. The van der Waals surface area contributed by atoms with Gasteiger partial charge in [-0.1, -0.05) is 18.2 Å². The Kier molecular flexibility index (Phi) is 2.98. The van der Waals surface area contributed by atoms with Crippen molar-refractivity contribution in [3.63, 3.8) is 0 Å². The largest absolute Gasteiger partial charge is 0.464 e. The van der Waals surface area contributed by atoms with Gasteiger partial charge in [0, 0.05) is 23.4 Å². The first-order valence-electron chi connectivity index (χ1n) is 5.12. The Morgan fingerprint density at radius 1 is 1.27 bits per heavy atom. The van der Waals surface area contributed by atoms with Gasteiger partial charge in [0.25, 0.3) is 0 Å². The number of para-hydroxylation sites is 1. The second kappa shape index (κ2) is 4.25. The third-order valence-corrected chi connectivity index (χ3v) is 3.01. The summed E-state index contributed by atoms with van der Waals surface area (Å²) in [7, 11) is 0. The second-order valence-electron chi connectivity index (χ2n) is 3.88. The van der Waals surface area contributed by atoms with Crippen molar-refractivity contribution in [3.8, 4) is 0 Å². The fourth-order valence-corrected chi connectivity index (χ4v) is 2.23. The molecule has 1 aliphatic rings. The summed E-state index contributed by atoms with van der Waals surface area (Å²) >= 11 is 0. The fourth-order valence-electron chi connectivity index (χ4n) is 2.23. The third-order valence-electron chi connectivity index (χ3n) is 3.01. The van der Waals surface area contributed by atoms with Crippen molar-refractivity contribution in [1.82, 2.24) is 5.32 Å². The van der Waals surface area contributed by atoms with E-state index < -0.39 is 0 Å². The van der Waals surface area contributed by atoms with Gasteiger partial charge in [-0.25, -0.2) is 0 Å². The molecule has 15 heavy (non-hydrogen) atoms. The van der Waals surface area contributed by atoms with Crippen LogP contribution >= 0.6 is 12.4 Å². The number of nitrogens with one attached hydrogen (secondary N) is 1. The van der Waals surface area contributed by atoms with Crippen LogP contribution in [0.1, 0.15) is 17.9 Å².